The van der Waals surface area contributed by atoms with Crippen LogP contribution >= 0.6 is 11.3 Å². The number of esters is 1. The molecule has 0 fully saturated rings. The molecule has 0 aliphatic rings. The van der Waals surface area contributed by atoms with E-state index in [4.69, 9.17) is 14.2 Å². The molecular weight excluding hydrogens is 466 g/mol. The van der Waals surface area contributed by atoms with E-state index in [0.29, 0.717) is 0 Å². The van der Waals surface area contributed by atoms with Crippen molar-refractivity contribution in [2.24, 2.45) is 0 Å². The first-order valence-electron chi connectivity index (χ1n) is 8.74. The maximum Gasteiger partial charge on any atom is 0.360 e. The Balaban J connectivity index is 1.93. The molecular formula is C16H17N7O7S2. The number of hydrogen-bond acceptors (Lipinski definition) is 12. The molecule has 32 heavy (non-hydrogen) atoms. The van der Waals surface area contributed by atoms with Crippen LogP contribution in [0.25, 0.3) is 5.13 Å². The van der Waals surface area contributed by atoms with Crippen LogP contribution < -0.4 is 19.5 Å². The highest BCUT2D eigenvalue weighted by Crippen LogP contribution is 2.22. The number of ether oxygens (including phenoxy) is 3. The van der Waals surface area contributed by atoms with E-state index in [1.54, 1.807) is 17.0 Å². The van der Waals surface area contributed by atoms with Crippen molar-refractivity contribution >= 4 is 39.3 Å². The van der Waals surface area contributed by atoms with Crippen LogP contribution in [-0.2, 0) is 14.8 Å². The quantitative estimate of drug-likeness (QED) is 0.434. The van der Waals surface area contributed by atoms with Crippen molar-refractivity contribution in [3.63, 3.8) is 0 Å². The number of anilines is 1. The van der Waals surface area contributed by atoms with E-state index in [1.807, 2.05) is 0 Å². The lowest BCUT2D eigenvalue weighted by atomic mass is 10.5. The fourth-order valence-electron chi connectivity index (χ4n) is 2.37. The van der Waals surface area contributed by atoms with E-state index in [-0.39, 0.29) is 29.4 Å². The van der Waals surface area contributed by atoms with Crippen LogP contribution in [-0.4, -0.2) is 65.7 Å². The third kappa shape index (κ3) is 4.92. The zero-order valence-electron chi connectivity index (χ0n) is 16.9. The number of thiazole rings is 1. The van der Waals surface area contributed by atoms with Gasteiger partial charge in [-0.1, -0.05) is 0 Å². The second kappa shape index (κ2) is 9.56. The Labute approximate surface area is 185 Å². The lowest BCUT2D eigenvalue weighted by Gasteiger charge is -2.11. The Hall–Kier alpha value is -3.79. The number of carbonyl (C=O) groups excluding carboxylic acids is 2. The smallest absolute Gasteiger partial charge is 0.360 e. The van der Waals surface area contributed by atoms with Gasteiger partial charge in [-0.3, -0.25) is 9.88 Å². The van der Waals surface area contributed by atoms with Gasteiger partial charge in [0.2, 0.25) is 17.7 Å². The number of aromatic nitrogens is 5. The van der Waals surface area contributed by atoms with Gasteiger partial charge in [0.05, 0.1) is 26.9 Å². The first kappa shape index (κ1) is 22.9. The largest absolute Gasteiger partial charge is 0.481 e. The highest BCUT2D eigenvalue weighted by atomic mass is 32.2. The summed E-state index contributed by atoms with van der Waals surface area (Å²) >= 11 is 1.09. The minimum absolute atomic E-state index is 0.00857. The molecule has 0 saturated carbocycles. The second-order valence-electron chi connectivity index (χ2n) is 5.64. The number of methoxy groups -OCH3 is 2. The summed E-state index contributed by atoms with van der Waals surface area (Å²) < 4.78 is 43.7. The van der Waals surface area contributed by atoms with E-state index in [0.717, 1.165) is 22.2 Å². The minimum Gasteiger partial charge on any atom is -0.481 e. The summed E-state index contributed by atoms with van der Waals surface area (Å²) in [7, 11) is -1.95. The van der Waals surface area contributed by atoms with Gasteiger partial charge >= 0.3 is 12.0 Å². The molecule has 14 nitrogen and oxygen atoms in total. The van der Waals surface area contributed by atoms with Crippen molar-refractivity contribution in [1.82, 2.24) is 29.2 Å². The Kier molecular flexibility index (Phi) is 6.84. The number of sulfonamides is 1. The van der Waals surface area contributed by atoms with Gasteiger partial charge in [0.25, 0.3) is 10.0 Å². The van der Waals surface area contributed by atoms with Crippen LogP contribution in [0.4, 0.5) is 10.7 Å². The highest BCUT2D eigenvalue weighted by molar-refractivity contribution is 7.90. The van der Waals surface area contributed by atoms with Crippen LogP contribution in [0.3, 0.4) is 0 Å². The highest BCUT2D eigenvalue weighted by Gasteiger charge is 2.32. The number of hydrogen-bond donors (Lipinski definition) is 2. The van der Waals surface area contributed by atoms with Crippen molar-refractivity contribution < 1.29 is 32.2 Å². The van der Waals surface area contributed by atoms with E-state index in [2.05, 4.69) is 25.3 Å². The Bertz CT molecular complexity index is 1200. The zero-order valence-corrected chi connectivity index (χ0v) is 18.6. The molecule has 0 unspecified atom stereocenters. The predicted octanol–water partition coefficient (Wildman–Crippen LogP) is 0.823. The first-order chi connectivity index (χ1) is 15.3. The van der Waals surface area contributed by atoms with Crippen LogP contribution in [0.5, 0.6) is 11.8 Å². The second-order valence-corrected chi connectivity index (χ2v) is 8.11. The fourth-order valence-corrected chi connectivity index (χ4v) is 4.22. The molecule has 0 saturated heterocycles. The molecule has 3 heterocycles. The molecule has 0 radical (unpaired) electrons. The number of nitrogens with zero attached hydrogens (tertiary/aromatic N) is 5. The van der Waals surface area contributed by atoms with Crippen LogP contribution in [0, 0.1) is 0 Å². The van der Waals surface area contributed by atoms with Gasteiger partial charge in [-0.2, -0.15) is 18.4 Å². The van der Waals surface area contributed by atoms with Gasteiger partial charge in [0, 0.05) is 11.6 Å². The normalized spacial score (nSPS) is 11.0. The molecule has 2 N–H and O–H groups in total. The summed E-state index contributed by atoms with van der Waals surface area (Å²) in [4.78, 5) is 40.3. The number of carbonyl (C=O) groups is 2. The minimum atomic E-state index is -4.63. The monoisotopic (exact) mass is 483 g/mol. The molecule has 3 aromatic rings. The maximum absolute atomic E-state index is 13.0. The Morgan fingerprint density at radius 3 is 2.41 bits per heavy atom. The van der Waals surface area contributed by atoms with Gasteiger partial charge in [0.15, 0.2) is 15.9 Å². The molecule has 0 aromatic carbocycles. The Morgan fingerprint density at radius 2 is 1.84 bits per heavy atom. The Morgan fingerprint density at radius 1 is 1.16 bits per heavy atom. The number of urea groups is 1. The SMILES string of the molecule is CCOC(=O)c1ncn(-c2nccs2)c1S(=O)(=O)NC(=O)Nc1nc(OC)cc(OC)n1. The average Bonchev–Trinajstić information content (AvgIpc) is 3.43. The predicted molar refractivity (Wildman–Crippen MR) is 110 cm³/mol. The van der Waals surface area contributed by atoms with Crippen molar-refractivity contribution in [1.29, 1.82) is 0 Å². The third-order valence-electron chi connectivity index (χ3n) is 3.62. The lowest BCUT2D eigenvalue weighted by molar-refractivity contribution is 0.0515. The lowest BCUT2D eigenvalue weighted by Crippen LogP contribution is -2.36. The molecule has 0 aliphatic heterocycles. The molecule has 0 aliphatic carbocycles. The van der Waals surface area contributed by atoms with Gasteiger partial charge in [0.1, 0.15) is 6.33 Å². The first-order valence-corrected chi connectivity index (χ1v) is 11.1. The van der Waals surface area contributed by atoms with Crippen molar-refractivity contribution in [2.75, 3.05) is 26.1 Å². The summed E-state index contributed by atoms with van der Waals surface area (Å²) in [5.41, 5.74) is -0.512. The van der Waals surface area contributed by atoms with Gasteiger partial charge in [-0.15, -0.1) is 11.3 Å². The summed E-state index contributed by atoms with van der Waals surface area (Å²) in [5.74, 6) is -1.12. The molecule has 170 valence electrons. The van der Waals surface area contributed by atoms with E-state index in [1.165, 1.54) is 26.5 Å². The molecule has 3 aromatic heterocycles. The number of amides is 2. The standard InChI is InChI=1S/C16H17N7O7S2/c1-4-30-13(24)11-12(23(8-18-11)16-17-5-6-31-16)32(26,27)22-15(25)21-14-19-9(28-2)7-10(20-14)29-3/h5-8H,4H2,1-3H3,(H2,19,20,21,22,25). The van der Waals surface area contributed by atoms with E-state index < -0.39 is 32.7 Å². The molecule has 16 heteroatoms. The van der Waals surface area contributed by atoms with Crippen LogP contribution in [0.1, 0.15) is 17.4 Å². The van der Waals surface area contributed by atoms with Crippen molar-refractivity contribution in [2.45, 2.75) is 11.9 Å². The maximum atomic E-state index is 13.0. The summed E-state index contributed by atoms with van der Waals surface area (Å²) in [6.45, 7) is 1.54. The summed E-state index contributed by atoms with van der Waals surface area (Å²) in [6, 6.07) is 0.153. The van der Waals surface area contributed by atoms with Gasteiger partial charge in [-0.05, 0) is 6.92 Å². The average molecular weight is 483 g/mol. The van der Waals surface area contributed by atoms with Crippen LogP contribution in [0.2, 0.25) is 0 Å². The zero-order chi connectivity index (χ0) is 23.3. The molecule has 3 rings (SSSR count). The fraction of sp³-hybridized carbons (Fsp3) is 0.250. The van der Waals surface area contributed by atoms with E-state index >= 15 is 0 Å². The third-order valence-corrected chi connectivity index (χ3v) is 5.75. The van der Waals surface area contributed by atoms with Crippen molar-refractivity contribution in [3.05, 3.63) is 29.7 Å². The number of nitrogens with one attached hydrogen (secondary N) is 2. The molecule has 0 spiro atoms. The summed E-state index contributed by atoms with van der Waals surface area (Å²) in [5, 5.41) is 3.35. The van der Waals surface area contributed by atoms with Gasteiger partial charge < -0.3 is 14.2 Å². The van der Waals surface area contributed by atoms with E-state index in [9.17, 15) is 18.0 Å². The van der Waals surface area contributed by atoms with Crippen LogP contribution in [0.15, 0.2) is 29.0 Å². The van der Waals surface area contributed by atoms with Crippen molar-refractivity contribution in [3.8, 4) is 16.9 Å². The number of imidazole rings is 1. The topological polar surface area (TPSA) is 177 Å². The summed E-state index contributed by atoms with van der Waals surface area (Å²) in [6.07, 6.45) is 2.53. The molecule has 0 bridgehead atoms. The van der Waals surface area contributed by atoms with Gasteiger partial charge in [-0.25, -0.2) is 24.3 Å². The molecule has 2 amide bonds. The number of rotatable bonds is 8. The molecule has 0 atom stereocenters.